The van der Waals surface area contributed by atoms with Crippen molar-refractivity contribution in [2.75, 3.05) is 11.1 Å². The van der Waals surface area contributed by atoms with Crippen molar-refractivity contribution >= 4 is 17.4 Å². The van der Waals surface area contributed by atoms with Crippen LogP contribution in [0.3, 0.4) is 0 Å². The third-order valence-electron chi connectivity index (χ3n) is 2.94. The van der Waals surface area contributed by atoms with E-state index in [9.17, 15) is 4.79 Å². The van der Waals surface area contributed by atoms with Crippen LogP contribution < -0.4 is 11.1 Å². The van der Waals surface area contributed by atoms with Crippen LogP contribution in [0, 0.1) is 6.92 Å². The van der Waals surface area contributed by atoms with Gasteiger partial charge in [0.15, 0.2) is 0 Å². The summed E-state index contributed by atoms with van der Waals surface area (Å²) in [5.41, 5.74) is 9.03. The molecule has 104 valence electrons. The first-order valence-electron chi connectivity index (χ1n) is 6.73. The lowest BCUT2D eigenvalue weighted by molar-refractivity contribution is 0.102. The molecule has 1 aromatic carbocycles. The van der Waals surface area contributed by atoms with E-state index in [0.29, 0.717) is 11.4 Å². The fourth-order valence-electron chi connectivity index (χ4n) is 2.05. The molecule has 0 fully saturated rings. The predicted octanol–water partition coefficient (Wildman–Crippen LogP) is 3.18. The van der Waals surface area contributed by atoms with Gasteiger partial charge in [-0.05, 0) is 43.2 Å². The van der Waals surface area contributed by atoms with E-state index in [2.05, 4.69) is 17.2 Å². The Morgan fingerprint density at radius 2 is 2.10 bits per heavy atom. The highest BCUT2D eigenvalue weighted by Gasteiger charge is 2.09. The first-order valence-corrected chi connectivity index (χ1v) is 6.73. The highest BCUT2D eigenvalue weighted by Crippen LogP contribution is 2.14. The lowest BCUT2D eigenvalue weighted by Gasteiger charge is -2.08. The second kappa shape index (κ2) is 6.19. The van der Waals surface area contributed by atoms with E-state index in [1.165, 1.54) is 0 Å². The number of nitrogen functional groups attached to an aromatic ring is 1. The molecule has 0 spiro atoms. The molecule has 0 atom stereocenters. The van der Waals surface area contributed by atoms with Crippen molar-refractivity contribution in [2.45, 2.75) is 26.7 Å². The van der Waals surface area contributed by atoms with Gasteiger partial charge in [-0.2, -0.15) is 0 Å². The van der Waals surface area contributed by atoms with Crippen molar-refractivity contribution in [3.8, 4) is 0 Å². The Balaban J connectivity index is 2.20. The number of nitrogens with two attached hydrogens (primary N) is 1. The number of amides is 1. The summed E-state index contributed by atoms with van der Waals surface area (Å²) in [7, 11) is 0. The number of aromatic nitrogens is 1. The van der Waals surface area contributed by atoms with Crippen molar-refractivity contribution in [1.29, 1.82) is 0 Å². The highest BCUT2D eigenvalue weighted by molar-refractivity contribution is 6.04. The second-order valence-corrected chi connectivity index (χ2v) is 4.85. The summed E-state index contributed by atoms with van der Waals surface area (Å²) in [6.07, 6.45) is 1.78. The van der Waals surface area contributed by atoms with Crippen molar-refractivity contribution in [3.63, 3.8) is 0 Å². The maximum Gasteiger partial charge on any atom is 0.255 e. The number of carbonyl (C=O) groups excluding carboxylic acids is 1. The standard InChI is InChI=1S/C16H19N3O/c1-3-5-13-9-12(10-15(17)18-13)16(20)19-14-7-4-6-11(2)8-14/h4,6-10H,3,5H2,1-2H3,(H2,17,18)(H,19,20). The van der Waals surface area contributed by atoms with Crippen LogP contribution in [-0.4, -0.2) is 10.9 Å². The molecule has 0 radical (unpaired) electrons. The smallest absolute Gasteiger partial charge is 0.255 e. The molecule has 0 unspecified atom stereocenters. The number of hydrogen-bond acceptors (Lipinski definition) is 3. The summed E-state index contributed by atoms with van der Waals surface area (Å²) in [4.78, 5) is 16.5. The topological polar surface area (TPSA) is 68.0 Å². The van der Waals surface area contributed by atoms with Gasteiger partial charge in [0, 0.05) is 16.9 Å². The maximum atomic E-state index is 12.2. The summed E-state index contributed by atoms with van der Waals surface area (Å²) in [6.45, 7) is 4.05. The predicted molar refractivity (Wildman–Crippen MR) is 81.8 cm³/mol. The Kier molecular flexibility index (Phi) is 4.35. The number of rotatable bonds is 4. The molecule has 1 aromatic heterocycles. The Hall–Kier alpha value is -2.36. The SMILES string of the molecule is CCCc1cc(C(=O)Nc2cccc(C)c2)cc(N)n1. The van der Waals surface area contributed by atoms with Gasteiger partial charge in [0.2, 0.25) is 0 Å². The van der Waals surface area contributed by atoms with E-state index >= 15 is 0 Å². The quantitative estimate of drug-likeness (QED) is 0.895. The Bertz CT molecular complexity index is 623. The molecule has 0 saturated carbocycles. The fourth-order valence-corrected chi connectivity index (χ4v) is 2.05. The van der Waals surface area contributed by atoms with Gasteiger partial charge in [0.25, 0.3) is 5.91 Å². The summed E-state index contributed by atoms with van der Waals surface area (Å²) in [5, 5.41) is 2.87. The molecule has 1 amide bonds. The number of hydrogen-bond donors (Lipinski definition) is 2. The number of anilines is 2. The lowest BCUT2D eigenvalue weighted by Crippen LogP contribution is -2.13. The Morgan fingerprint density at radius 1 is 1.30 bits per heavy atom. The molecular weight excluding hydrogens is 250 g/mol. The largest absolute Gasteiger partial charge is 0.384 e. The monoisotopic (exact) mass is 269 g/mol. The highest BCUT2D eigenvalue weighted by atomic mass is 16.1. The van der Waals surface area contributed by atoms with Crippen LogP contribution in [0.25, 0.3) is 0 Å². The minimum atomic E-state index is -0.165. The molecule has 0 aliphatic rings. The van der Waals surface area contributed by atoms with Gasteiger partial charge in [-0.15, -0.1) is 0 Å². The van der Waals surface area contributed by atoms with Crippen LogP contribution in [0.2, 0.25) is 0 Å². The van der Waals surface area contributed by atoms with Gasteiger partial charge in [0.1, 0.15) is 5.82 Å². The minimum Gasteiger partial charge on any atom is -0.384 e. The zero-order valence-electron chi connectivity index (χ0n) is 11.8. The first kappa shape index (κ1) is 14.1. The molecule has 0 aliphatic carbocycles. The fraction of sp³-hybridized carbons (Fsp3) is 0.250. The maximum absolute atomic E-state index is 12.2. The molecule has 4 heteroatoms. The summed E-state index contributed by atoms with van der Waals surface area (Å²) < 4.78 is 0. The molecular formula is C16H19N3O. The zero-order valence-corrected chi connectivity index (χ0v) is 11.8. The van der Waals surface area contributed by atoms with Gasteiger partial charge in [-0.1, -0.05) is 25.5 Å². The van der Waals surface area contributed by atoms with E-state index in [1.807, 2.05) is 31.2 Å². The van der Waals surface area contributed by atoms with Crippen molar-refractivity contribution in [2.24, 2.45) is 0 Å². The normalized spacial score (nSPS) is 10.3. The van der Waals surface area contributed by atoms with Gasteiger partial charge >= 0.3 is 0 Å². The van der Waals surface area contributed by atoms with Crippen molar-refractivity contribution in [3.05, 3.63) is 53.2 Å². The third kappa shape index (κ3) is 3.57. The zero-order chi connectivity index (χ0) is 14.5. The molecule has 4 nitrogen and oxygen atoms in total. The first-order chi connectivity index (χ1) is 9.58. The number of nitrogens with one attached hydrogen (secondary N) is 1. The van der Waals surface area contributed by atoms with Crippen LogP contribution in [0.4, 0.5) is 11.5 Å². The van der Waals surface area contributed by atoms with Gasteiger partial charge in [0.05, 0.1) is 0 Å². The molecule has 20 heavy (non-hydrogen) atoms. The second-order valence-electron chi connectivity index (χ2n) is 4.85. The Labute approximate surface area is 119 Å². The summed E-state index contributed by atoms with van der Waals surface area (Å²) >= 11 is 0. The van der Waals surface area contributed by atoms with Crippen molar-refractivity contribution in [1.82, 2.24) is 4.98 Å². The van der Waals surface area contributed by atoms with Crippen LogP contribution in [0.1, 0.15) is 35.0 Å². The number of carbonyl (C=O) groups is 1. The molecule has 0 saturated heterocycles. The molecule has 1 heterocycles. The van der Waals surface area contributed by atoms with E-state index in [0.717, 1.165) is 29.8 Å². The molecule has 0 bridgehead atoms. The number of nitrogens with zero attached hydrogens (tertiary/aromatic N) is 1. The number of pyridine rings is 1. The van der Waals surface area contributed by atoms with E-state index < -0.39 is 0 Å². The van der Waals surface area contributed by atoms with Crippen LogP contribution >= 0.6 is 0 Å². The molecule has 2 aromatic rings. The van der Waals surface area contributed by atoms with Crippen LogP contribution in [0.15, 0.2) is 36.4 Å². The lowest BCUT2D eigenvalue weighted by atomic mass is 10.1. The van der Waals surface area contributed by atoms with Crippen LogP contribution in [-0.2, 0) is 6.42 Å². The van der Waals surface area contributed by atoms with Gasteiger partial charge in [-0.3, -0.25) is 4.79 Å². The van der Waals surface area contributed by atoms with Crippen molar-refractivity contribution < 1.29 is 4.79 Å². The average Bonchev–Trinajstić information content (AvgIpc) is 2.38. The average molecular weight is 269 g/mol. The van der Waals surface area contributed by atoms with E-state index in [-0.39, 0.29) is 5.91 Å². The number of aryl methyl sites for hydroxylation is 2. The summed E-state index contributed by atoms with van der Waals surface area (Å²) in [6, 6.07) is 11.1. The van der Waals surface area contributed by atoms with Gasteiger partial charge < -0.3 is 11.1 Å². The molecule has 0 aliphatic heterocycles. The van der Waals surface area contributed by atoms with Crippen LogP contribution in [0.5, 0.6) is 0 Å². The summed E-state index contributed by atoms with van der Waals surface area (Å²) in [5.74, 6) is 0.215. The number of benzene rings is 1. The van der Waals surface area contributed by atoms with E-state index in [1.54, 1.807) is 12.1 Å². The minimum absolute atomic E-state index is 0.165. The third-order valence-corrected chi connectivity index (χ3v) is 2.94. The Morgan fingerprint density at radius 3 is 2.80 bits per heavy atom. The van der Waals surface area contributed by atoms with Gasteiger partial charge in [-0.25, -0.2) is 4.98 Å². The van der Waals surface area contributed by atoms with E-state index in [4.69, 9.17) is 5.73 Å². The molecule has 2 rings (SSSR count). The molecule has 3 N–H and O–H groups in total.